The van der Waals surface area contributed by atoms with Gasteiger partial charge >= 0.3 is 0 Å². The lowest BCUT2D eigenvalue weighted by Crippen LogP contribution is -3.19. The second-order valence-corrected chi connectivity index (χ2v) is 6.73. The van der Waals surface area contributed by atoms with E-state index in [1.807, 2.05) is 31.2 Å². The summed E-state index contributed by atoms with van der Waals surface area (Å²) < 4.78 is 0. The standard InChI is InChI=1S/C21H27N3O/c1-18(21(25)22-13-12-19-8-4-2-5-9-19)23-14-16-24(17-15-23)20-10-6-3-7-11-20/h2-11,18H,12-17H2,1H3,(H,22,25)/p+1/t18-/m0/s1. The number of nitrogens with one attached hydrogen (secondary N) is 2. The summed E-state index contributed by atoms with van der Waals surface area (Å²) >= 11 is 0. The number of para-hydroxylation sites is 1. The van der Waals surface area contributed by atoms with Crippen LogP contribution < -0.4 is 15.1 Å². The Hall–Kier alpha value is -2.33. The predicted octanol–water partition coefficient (Wildman–Crippen LogP) is 1.14. The van der Waals surface area contributed by atoms with E-state index in [0.717, 1.165) is 32.6 Å². The molecular formula is C21H28N3O+. The van der Waals surface area contributed by atoms with Crippen molar-refractivity contribution in [2.45, 2.75) is 19.4 Å². The Morgan fingerprint density at radius 3 is 2.28 bits per heavy atom. The molecule has 2 aromatic rings. The van der Waals surface area contributed by atoms with E-state index in [-0.39, 0.29) is 11.9 Å². The maximum atomic E-state index is 12.4. The first kappa shape index (κ1) is 17.5. The molecule has 0 radical (unpaired) electrons. The number of benzene rings is 2. The Kier molecular flexibility index (Phi) is 6.07. The minimum Gasteiger partial charge on any atom is -0.360 e. The Bertz CT molecular complexity index is 651. The van der Waals surface area contributed by atoms with Gasteiger partial charge in [0.1, 0.15) is 0 Å². The van der Waals surface area contributed by atoms with E-state index in [2.05, 4.69) is 46.6 Å². The molecule has 0 aliphatic carbocycles. The van der Waals surface area contributed by atoms with E-state index >= 15 is 0 Å². The topological polar surface area (TPSA) is 36.8 Å². The number of quaternary nitrogens is 1. The fourth-order valence-corrected chi connectivity index (χ4v) is 3.44. The monoisotopic (exact) mass is 338 g/mol. The fourth-order valence-electron chi connectivity index (χ4n) is 3.44. The van der Waals surface area contributed by atoms with Crippen LogP contribution in [0, 0.1) is 0 Å². The summed E-state index contributed by atoms with van der Waals surface area (Å²) in [7, 11) is 0. The molecule has 1 fully saturated rings. The minimum absolute atomic E-state index is 0.00805. The number of hydrogen-bond acceptors (Lipinski definition) is 2. The number of piperazine rings is 1. The minimum atomic E-state index is 0.00805. The Morgan fingerprint density at radius 2 is 1.64 bits per heavy atom. The molecule has 0 bridgehead atoms. The lowest BCUT2D eigenvalue weighted by molar-refractivity contribution is -0.914. The van der Waals surface area contributed by atoms with Crippen LogP contribution in [0.3, 0.4) is 0 Å². The first-order valence-electron chi connectivity index (χ1n) is 9.20. The molecule has 2 N–H and O–H groups in total. The highest BCUT2D eigenvalue weighted by molar-refractivity contribution is 5.79. The van der Waals surface area contributed by atoms with Crippen LogP contribution in [0.15, 0.2) is 60.7 Å². The number of carbonyl (C=O) groups excluding carboxylic acids is 1. The molecule has 0 saturated carbocycles. The van der Waals surface area contributed by atoms with Crippen LogP contribution in [-0.2, 0) is 11.2 Å². The molecule has 1 aliphatic heterocycles. The van der Waals surface area contributed by atoms with Gasteiger partial charge < -0.3 is 15.1 Å². The van der Waals surface area contributed by atoms with Crippen LogP contribution in [0.1, 0.15) is 12.5 Å². The smallest absolute Gasteiger partial charge is 0.278 e. The number of nitrogens with zero attached hydrogens (tertiary/aromatic N) is 1. The van der Waals surface area contributed by atoms with Crippen molar-refractivity contribution >= 4 is 11.6 Å². The van der Waals surface area contributed by atoms with Gasteiger partial charge in [-0.05, 0) is 31.0 Å². The van der Waals surface area contributed by atoms with Crippen LogP contribution in [0.4, 0.5) is 5.69 Å². The zero-order valence-electron chi connectivity index (χ0n) is 14.9. The molecule has 0 spiro atoms. The molecule has 1 heterocycles. The van der Waals surface area contributed by atoms with Crippen LogP contribution >= 0.6 is 0 Å². The molecule has 3 rings (SSSR count). The molecule has 2 aromatic carbocycles. The zero-order valence-corrected chi connectivity index (χ0v) is 14.9. The van der Waals surface area contributed by atoms with E-state index < -0.39 is 0 Å². The average Bonchev–Trinajstić information content (AvgIpc) is 2.69. The third kappa shape index (κ3) is 4.83. The quantitative estimate of drug-likeness (QED) is 0.829. The molecule has 1 saturated heterocycles. The van der Waals surface area contributed by atoms with Crippen molar-refractivity contribution in [3.05, 3.63) is 66.2 Å². The lowest BCUT2D eigenvalue weighted by Gasteiger charge is -2.36. The number of hydrogen-bond donors (Lipinski definition) is 2. The Morgan fingerprint density at radius 1 is 1.04 bits per heavy atom. The maximum absolute atomic E-state index is 12.4. The first-order valence-corrected chi connectivity index (χ1v) is 9.20. The van der Waals surface area contributed by atoms with Crippen molar-refractivity contribution in [2.75, 3.05) is 37.6 Å². The highest BCUT2D eigenvalue weighted by Gasteiger charge is 2.28. The number of carbonyl (C=O) groups is 1. The number of rotatable bonds is 6. The second-order valence-electron chi connectivity index (χ2n) is 6.73. The van der Waals surface area contributed by atoms with Gasteiger partial charge in [0, 0.05) is 12.2 Å². The normalized spacial score (nSPS) is 16.4. The zero-order chi connectivity index (χ0) is 17.5. The van der Waals surface area contributed by atoms with Gasteiger partial charge in [0.2, 0.25) is 0 Å². The molecule has 0 unspecified atom stereocenters. The van der Waals surface area contributed by atoms with Gasteiger partial charge in [-0.2, -0.15) is 0 Å². The number of amides is 1. The van der Waals surface area contributed by atoms with Crippen LogP contribution in [0.2, 0.25) is 0 Å². The van der Waals surface area contributed by atoms with E-state index in [4.69, 9.17) is 0 Å². The van der Waals surface area contributed by atoms with Gasteiger partial charge in [-0.3, -0.25) is 4.79 Å². The molecule has 1 amide bonds. The lowest BCUT2D eigenvalue weighted by atomic mass is 10.1. The molecule has 25 heavy (non-hydrogen) atoms. The third-order valence-electron chi connectivity index (χ3n) is 5.09. The highest BCUT2D eigenvalue weighted by Crippen LogP contribution is 2.12. The Labute approximate surface area is 150 Å². The summed E-state index contributed by atoms with van der Waals surface area (Å²) in [4.78, 5) is 16.2. The molecule has 1 aliphatic rings. The molecule has 132 valence electrons. The molecular weight excluding hydrogens is 310 g/mol. The van der Waals surface area contributed by atoms with Gasteiger partial charge in [-0.15, -0.1) is 0 Å². The maximum Gasteiger partial charge on any atom is 0.278 e. The van der Waals surface area contributed by atoms with Gasteiger partial charge in [-0.25, -0.2) is 0 Å². The third-order valence-corrected chi connectivity index (χ3v) is 5.09. The van der Waals surface area contributed by atoms with Crippen molar-refractivity contribution in [3.63, 3.8) is 0 Å². The van der Waals surface area contributed by atoms with E-state index in [1.165, 1.54) is 16.2 Å². The van der Waals surface area contributed by atoms with Crippen LogP contribution in [0.25, 0.3) is 0 Å². The predicted molar refractivity (Wildman–Crippen MR) is 102 cm³/mol. The summed E-state index contributed by atoms with van der Waals surface area (Å²) in [6, 6.07) is 20.8. The Balaban J connectivity index is 1.42. The van der Waals surface area contributed by atoms with Crippen molar-refractivity contribution in [1.82, 2.24) is 5.32 Å². The summed E-state index contributed by atoms with van der Waals surface area (Å²) in [5, 5.41) is 3.10. The van der Waals surface area contributed by atoms with Crippen LogP contribution in [0.5, 0.6) is 0 Å². The van der Waals surface area contributed by atoms with E-state index in [0.29, 0.717) is 6.54 Å². The van der Waals surface area contributed by atoms with Gasteiger partial charge in [0.25, 0.3) is 5.91 Å². The summed E-state index contributed by atoms with van der Waals surface area (Å²) in [6.45, 7) is 6.76. The van der Waals surface area contributed by atoms with Crippen molar-refractivity contribution < 1.29 is 9.69 Å². The van der Waals surface area contributed by atoms with Crippen molar-refractivity contribution in [1.29, 1.82) is 0 Å². The SMILES string of the molecule is C[C@@H](C(=O)NCCc1ccccc1)[NH+]1CCN(c2ccccc2)CC1. The molecule has 0 aromatic heterocycles. The largest absolute Gasteiger partial charge is 0.360 e. The van der Waals surface area contributed by atoms with Gasteiger partial charge in [-0.1, -0.05) is 48.5 Å². The summed E-state index contributed by atoms with van der Waals surface area (Å²) in [5.41, 5.74) is 2.54. The van der Waals surface area contributed by atoms with E-state index in [1.54, 1.807) is 0 Å². The highest BCUT2D eigenvalue weighted by atomic mass is 16.2. The van der Waals surface area contributed by atoms with E-state index in [9.17, 15) is 4.79 Å². The van der Waals surface area contributed by atoms with Gasteiger partial charge in [0.05, 0.1) is 26.2 Å². The van der Waals surface area contributed by atoms with Crippen molar-refractivity contribution in [2.24, 2.45) is 0 Å². The fraction of sp³-hybridized carbons (Fsp3) is 0.381. The molecule has 1 atom stereocenters. The molecule has 4 nitrogen and oxygen atoms in total. The molecule has 4 heteroatoms. The summed E-state index contributed by atoms with van der Waals surface area (Å²) in [5.74, 6) is 0.166. The summed E-state index contributed by atoms with van der Waals surface area (Å²) in [6.07, 6.45) is 0.885. The van der Waals surface area contributed by atoms with Crippen LogP contribution in [-0.4, -0.2) is 44.7 Å². The second kappa shape index (κ2) is 8.67. The average molecular weight is 338 g/mol. The number of anilines is 1. The first-order chi connectivity index (χ1) is 12.2. The van der Waals surface area contributed by atoms with Crippen molar-refractivity contribution in [3.8, 4) is 0 Å². The van der Waals surface area contributed by atoms with Gasteiger partial charge in [0.15, 0.2) is 6.04 Å².